The van der Waals surface area contributed by atoms with Crippen LogP contribution in [-0.4, -0.2) is 17.7 Å². The Labute approximate surface area is 132 Å². The van der Waals surface area contributed by atoms with Crippen molar-refractivity contribution in [3.05, 3.63) is 59.2 Å². The second-order valence-electron chi connectivity index (χ2n) is 5.47. The Kier molecular flexibility index (Phi) is 5.19. The van der Waals surface area contributed by atoms with E-state index >= 15 is 0 Å². The molecule has 2 rings (SSSR count). The number of rotatable bonds is 5. The number of ketones is 2. The summed E-state index contributed by atoms with van der Waals surface area (Å²) >= 11 is 0. The molecule has 1 atom stereocenters. The van der Waals surface area contributed by atoms with Gasteiger partial charge in [0.25, 0.3) is 0 Å². The van der Waals surface area contributed by atoms with Gasteiger partial charge >= 0.3 is 6.18 Å². The van der Waals surface area contributed by atoms with Crippen LogP contribution < -0.4 is 0 Å². The van der Waals surface area contributed by atoms with Gasteiger partial charge in [-0.1, -0.05) is 49.4 Å². The quantitative estimate of drug-likeness (QED) is 0.732. The molecule has 23 heavy (non-hydrogen) atoms. The van der Waals surface area contributed by atoms with Gasteiger partial charge in [-0.3, -0.25) is 9.59 Å². The van der Waals surface area contributed by atoms with Crippen LogP contribution in [0.25, 0.3) is 0 Å². The Bertz CT molecular complexity index is 652. The minimum absolute atomic E-state index is 0.00298. The van der Waals surface area contributed by atoms with E-state index in [1.807, 2.05) is 12.1 Å². The van der Waals surface area contributed by atoms with Crippen LogP contribution in [0.5, 0.6) is 0 Å². The van der Waals surface area contributed by atoms with Crippen LogP contribution in [0.15, 0.2) is 48.1 Å². The molecule has 1 aromatic rings. The van der Waals surface area contributed by atoms with Crippen LogP contribution in [0.3, 0.4) is 0 Å². The zero-order chi connectivity index (χ0) is 17.0. The number of carbonyl (C=O) groups excluding carboxylic acids is 2. The molecule has 1 unspecified atom stereocenters. The number of benzene rings is 1. The fourth-order valence-electron chi connectivity index (χ4n) is 2.48. The number of allylic oxidation sites excluding steroid dienone is 4. The number of carbonyl (C=O) groups is 2. The molecule has 0 aliphatic heterocycles. The molecule has 122 valence electrons. The van der Waals surface area contributed by atoms with Crippen molar-refractivity contribution in [2.24, 2.45) is 0 Å². The summed E-state index contributed by atoms with van der Waals surface area (Å²) < 4.78 is 36.7. The highest BCUT2D eigenvalue weighted by Crippen LogP contribution is 2.29. The van der Waals surface area contributed by atoms with Crippen LogP contribution in [0.1, 0.15) is 48.0 Å². The molecule has 1 aliphatic carbocycles. The number of hydrogen-bond donors (Lipinski definition) is 0. The molecule has 0 saturated heterocycles. The zero-order valence-corrected chi connectivity index (χ0v) is 12.7. The summed E-state index contributed by atoms with van der Waals surface area (Å²) in [5.74, 6) is -0.838. The van der Waals surface area contributed by atoms with Crippen molar-refractivity contribution in [2.45, 2.75) is 38.3 Å². The van der Waals surface area contributed by atoms with E-state index in [4.69, 9.17) is 0 Å². The van der Waals surface area contributed by atoms with Crippen LogP contribution in [0.4, 0.5) is 13.2 Å². The summed E-state index contributed by atoms with van der Waals surface area (Å²) in [6.45, 7) is 1.80. The molecule has 0 spiro atoms. The minimum atomic E-state index is -4.48. The third kappa shape index (κ3) is 4.65. The van der Waals surface area contributed by atoms with E-state index in [-0.39, 0.29) is 17.3 Å². The molecule has 2 nitrogen and oxygen atoms in total. The third-order valence-electron chi connectivity index (χ3n) is 3.76. The van der Waals surface area contributed by atoms with Gasteiger partial charge in [0.15, 0.2) is 11.6 Å². The summed E-state index contributed by atoms with van der Waals surface area (Å²) in [5, 5.41) is 0. The lowest BCUT2D eigenvalue weighted by Crippen LogP contribution is -2.16. The Morgan fingerprint density at radius 1 is 1.13 bits per heavy atom. The smallest absolute Gasteiger partial charge is 0.294 e. The highest BCUT2D eigenvalue weighted by Gasteiger charge is 2.32. The fraction of sp³-hybridized carbons (Fsp3) is 0.333. The summed E-state index contributed by atoms with van der Waals surface area (Å²) in [7, 11) is 0. The molecule has 0 fully saturated rings. The fourth-order valence-corrected chi connectivity index (χ4v) is 2.48. The van der Waals surface area contributed by atoms with Gasteiger partial charge in [0, 0.05) is 23.5 Å². The predicted molar refractivity (Wildman–Crippen MR) is 81.3 cm³/mol. The second-order valence-corrected chi connectivity index (χ2v) is 5.47. The number of Topliss-reactive ketones (excluding diaryl/α,β-unsaturated/α-hetero) is 2. The lowest BCUT2D eigenvalue weighted by atomic mass is 9.88. The predicted octanol–water partition coefficient (Wildman–Crippen LogP) is 4.77. The van der Waals surface area contributed by atoms with Crippen LogP contribution >= 0.6 is 0 Å². The molecule has 0 saturated carbocycles. The van der Waals surface area contributed by atoms with E-state index in [1.165, 1.54) is 6.08 Å². The molecule has 0 bridgehead atoms. The maximum atomic E-state index is 12.2. The van der Waals surface area contributed by atoms with E-state index in [9.17, 15) is 22.8 Å². The Balaban J connectivity index is 2.03. The van der Waals surface area contributed by atoms with Crippen molar-refractivity contribution >= 4 is 11.6 Å². The lowest BCUT2D eigenvalue weighted by Gasteiger charge is -2.17. The third-order valence-corrected chi connectivity index (χ3v) is 3.76. The summed E-state index contributed by atoms with van der Waals surface area (Å²) in [5.41, 5.74) is 1.72. The first-order valence-corrected chi connectivity index (χ1v) is 7.41. The van der Waals surface area contributed by atoms with E-state index in [0.717, 1.165) is 5.56 Å². The minimum Gasteiger partial charge on any atom is -0.294 e. The van der Waals surface area contributed by atoms with E-state index in [2.05, 4.69) is 0 Å². The maximum absolute atomic E-state index is 12.2. The Morgan fingerprint density at radius 2 is 1.78 bits per heavy atom. The highest BCUT2D eigenvalue weighted by molar-refractivity contribution is 5.98. The first-order chi connectivity index (χ1) is 10.8. The van der Waals surface area contributed by atoms with Crippen LogP contribution in [0, 0.1) is 0 Å². The van der Waals surface area contributed by atoms with Gasteiger partial charge in [-0.05, 0) is 12.0 Å². The normalized spacial score (nSPS) is 17.7. The number of hydrogen-bond acceptors (Lipinski definition) is 2. The molecule has 0 radical (unpaired) electrons. The van der Waals surface area contributed by atoms with Crippen molar-refractivity contribution in [2.75, 3.05) is 0 Å². The summed E-state index contributed by atoms with van der Waals surface area (Å²) in [4.78, 5) is 23.1. The molecule has 0 heterocycles. The SMILES string of the molecule is CCC(=O)c1ccc(C2C=CC(C(=O)CC(F)(F)F)=CC2)cc1. The largest absolute Gasteiger partial charge is 0.396 e. The number of halogens is 3. The molecule has 1 aliphatic rings. The first kappa shape index (κ1) is 17.2. The average molecular weight is 322 g/mol. The van der Waals surface area contributed by atoms with Gasteiger partial charge in [0.05, 0.1) is 0 Å². The Hall–Kier alpha value is -2.17. The van der Waals surface area contributed by atoms with E-state index in [0.29, 0.717) is 18.4 Å². The van der Waals surface area contributed by atoms with Gasteiger partial charge < -0.3 is 0 Å². The van der Waals surface area contributed by atoms with Gasteiger partial charge in [0.1, 0.15) is 6.42 Å². The van der Waals surface area contributed by atoms with Gasteiger partial charge in [0.2, 0.25) is 0 Å². The molecular formula is C18H17F3O2. The molecule has 0 N–H and O–H groups in total. The molecular weight excluding hydrogens is 305 g/mol. The van der Waals surface area contributed by atoms with Gasteiger partial charge in [-0.25, -0.2) is 0 Å². The van der Waals surface area contributed by atoms with Crippen molar-refractivity contribution in [1.29, 1.82) is 0 Å². The lowest BCUT2D eigenvalue weighted by molar-refractivity contribution is -0.149. The number of alkyl halides is 3. The zero-order valence-electron chi connectivity index (χ0n) is 12.7. The van der Waals surface area contributed by atoms with E-state index in [1.54, 1.807) is 31.2 Å². The maximum Gasteiger partial charge on any atom is 0.396 e. The Morgan fingerprint density at radius 3 is 2.26 bits per heavy atom. The average Bonchev–Trinajstić information content (AvgIpc) is 2.53. The van der Waals surface area contributed by atoms with Crippen molar-refractivity contribution in [3.8, 4) is 0 Å². The summed E-state index contributed by atoms with van der Waals surface area (Å²) in [6.07, 6.45) is -0.268. The molecule has 0 amide bonds. The standard InChI is InChI=1S/C18H17F3O2/c1-2-16(22)14-7-3-12(4-8-14)13-5-9-15(10-6-13)17(23)11-18(19,20)21/h3-5,7-10,13H,2,6,11H2,1H3. The van der Waals surface area contributed by atoms with Crippen molar-refractivity contribution < 1.29 is 22.8 Å². The van der Waals surface area contributed by atoms with E-state index < -0.39 is 18.4 Å². The second kappa shape index (κ2) is 6.94. The van der Waals surface area contributed by atoms with Crippen LogP contribution in [-0.2, 0) is 4.79 Å². The van der Waals surface area contributed by atoms with Gasteiger partial charge in [-0.15, -0.1) is 0 Å². The van der Waals surface area contributed by atoms with Gasteiger partial charge in [-0.2, -0.15) is 13.2 Å². The monoisotopic (exact) mass is 322 g/mol. The highest BCUT2D eigenvalue weighted by atomic mass is 19.4. The van der Waals surface area contributed by atoms with Crippen molar-refractivity contribution in [1.82, 2.24) is 0 Å². The van der Waals surface area contributed by atoms with Crippen LogP contribution in [0.2, 0.25) is 0 Å². The molecule has 1 aromatic carbocycles. The topological polar surface area (TPSA) is 34.1 Å². The van der Waals surface area contributed by atoms with Crippen molar-refractivity contribution in [3.63, 3.8) is 0 Å². The first-order valence-electron chi connectivity index (χ1n) is 7.41. The summed E-state index contributed by atoms with van der Waals surface area (Å²) in [6, 6.07) is 7.19. The molecule has 0 aromatic heterocycles. The molecule has 5 heteroatoms.